The van der Waals surface area contributed by atoms with Crippen LogP contribution in [0.3, 0.4) is 0 Å². The fraction of sp³-hybridized carbons (Fsp3) is 0.409. The van der Waals surface area contributed by atoms with Gasteiger partial charge in [-0.3, -0.25) is 9.52 Å². The number of hydrogen-bond acceptors (Lipinski definition) is 5. The molecule has 7 nitrogen and oxygen atoms in total. The third-order valence-corrected chi connectivity index (χ3v) is 5.73. The van der Waals surface area contributed by atoms with Gasteiger partial charge in [0.15, 0.2) is 0 Å². The Balaban J connectivity index is 1.55. The highest BCUT2D eigenvalue weighted by Gasteiger charge is 2.18. The van der Waals surface area contributed by atoms with E-state index in [-0.39, 0.29) is 12.0 Å². The van der Waals surface area contributed by atoms with Crippen LogP contribution in [-0.4, -0.2) is 51.7 Å². The molecule has 1 aliphatic heterocycles. The Morgan fingerprint density at radius 3 is 2.43 bits per heavy atom. The van der Waals surface area contributed by atoms with Gasteiger partial charge in [0.05, 0.1) is 11.9 Å². The maximum Gasteiger partial charge on any atom is 0.251 e. The van der Waals surface area contributed by atoms with Crippen molar-refractivity contribution in [3.63, 3.8) is 0 Å². The minimum Gasteiger partial charge on any atom is -0.490 e. The van der Waals surface area contributed by atoms with Gasteiger partial charge in [-0.1, -0.05) is 18.2 Å². The van der Waals surface area contributed by atoms with Gasteiger partial charge in [0.2, 0.25) is 10.0 Å². The van der Waals surface area contributed by atoms with E-state index in [1.54, 1.807) is 25.1 Å². The second kappa shape index (κ2) is 9.49. The summed E-state index contributed by atoms with van der Waals surface area (Å²) in [5, 5.41) is 2.87. The molecular formula is C22H29N3O4S. The number of ether oxygens (including phenoxy) is 1. The second-order valence-corrected chi connectivity index (χ2v) is 9.60. The normalized spacial score (nSPS) is 15.6. The van der Waals surface area contributed by atoms with Gasteiger partial charge < -0.3 is 15.0 Å². The molecule has 1 heterocycles. The second-order valence-electron chi connectivity index (χ2n) is 7.85. The lowest BCUT2D eigenvalue weighted by Gasteiger charge is -2.29. The van der Waals surface area contributed by atoms with Crippen LogP contribution in [0, 0.1) is 6.92 Å². The van der Waals surface area contributed by atoms with Crippen molar-refractivity contribution in [1.82, 2.24) is 10.2 Å². The highest BCUT2D eigenvalue weighted by atomic mass is 32.2. The van der Waals surface area contributed by atoms with E-state index in [1.807, 2.05) is 24.3 Å². The summed E-state index contributed by atoms with van der Waals surface area (Å²) in [5.41, 5.74) is 2.51. The quantitative estimate of drug-likeness (QED) is 0.704. The molecule has 8 heteroatoms. The Labute approximate surface area is 178 Å². The van der Waals surface area contributed by atoms with Gasteiger partial charge in [-0.25, -0.2) is 8.42 Å². The molecule has 0 saturated carbocycles. The van der Waals surface area contributed by atoms with Crippen molar-refractivity contribution in [2.24, 2.45) is 0 Å². The van der Waals surface area contributed by atoms with Crippen molar-refractivity contribution in [2.45, 2.75) is 32.4 Å². The third-order valence-electron chi connectivity index (χ3n) is 5.14. The first-order valence-electron chi connectivity index (χ1n) is 10.0. The van der Waals surface area contributed by atoms with Crippen molar-refractivity contribution in [1.29, 1.82) is 0 Å². The molecule has 1 amide bonds. The molecule has 2 aromatic rings. The van der Waals surface area contributed by atoms with Crippen LogP contribution in [-0.2, 0) is 16.6 Å². The molecule has 0 bridgehead atoms. The van der Waals surface area contributed by atoms with E-state index in [0.29, 0.717) is 17.8 Å². The highest BCUT2D eigenvalue weighted by Crippen LogP contribution is 2.20. The first kappa shape index (κ1) is 22.1. The monoisotopic (exact) mass is 431 g/mol. The Morgan fingerprint density at radius 2 is 1.80 bits per heavy atom. The van der Waals surface area contributed by atoms with Crippen LogP contribution in [0.15, 0.2) is 42.5 Å². The summed E-state index contributed by atoms with van der Waals surface area (Å²) in [4.78, 5) is 14.8. The van der Waals surface area contributed by atoms with Crippen molar-refractivity contribution in [2.75, 3.05) is 31.1 Å². The van der Waals surface area contributed by atoms with Crippen molar-refractivity contribution in [3.8, 4) is 5.75 Å². The molecule has 0 atom stereocenters. The van der Waals surface area contributed by atoms with Crippen molar-refractivity contribution >= 4 is 21.6 Å². The molecule has 2 aromatic carbocycles. The predicted molar refractivity (Wildman–Crippen MR) is 118 cm³/mol. The number of aryl methyl sites for hydroxylation is 1. The molecule has 162 valence electrons. The fourth-order valence-electron chi connectivity index (χ4n) is 3.34. The third kappa shape index (κ3) is 6.47. The Hall–Kier alpha value is -2.58. The van der Waals surface area contributed by atoms with Gasteiger partial charge in [-0.2, -0.15) is 0 Å². The van der Waals surface area contributed by atoms with E-state index >= 15 is 0 Å². The predicted octanol–water partition coefficient (Wildman–Crippen LogP) is 2.77. The molecule has 3 rings (SSSR count). The van der Waals surface area contributed by atoms with E-state index in [2.05, 4.69) is 22.0 Å². The zero-order valence-electron chi connectivity index (χ0n) is 17.6. The maximum absolute atomic E-state index is 12.5. The van der Waals surface area contributed by atoms with Crippen LogP contribution in [0.25, 0.3) is 0 Å². The molecule has 1 saturated heterocycles. The van der Waals surface area contributed by atoms with Crippen LogP contribution in [0.5, 0.6) is 5.75 Å². The number of carbonyl (C=O) groups excluding carboxylic acids is 1. The molecule has 0 spiro atoms. The Kier molecular flexibility index (Phi) is 6.99. The average Bonchev–Trinajstić information content (AvgIpc) is 2.69. The number of likely N-dealkylation sites (tertiary alicyclic amines) is 1. The number of anilines is 1. The summed E-state index contributed by atoms with van der Waals surface area (Å²) in [5.74, 6) is 0.577. The number of benzene rings is 2. The van der Waals surface area contributed by atoms with E-state index in [0.717, 1.165) is 49.1 Å². The number of hydrogen-bond donors (Lipinski definition) is 2. The molecule has 2 N–H and O–H groups in total. The first-order chi connectivity index (χ1) is 14.2. The largest absolute Gasteiger partial charge is 0.490 e. The van der Waals surface area contributed by atoms with E-state index in [4.69, 9.17) is 4.74 Å². The molecule has 0 aromatic heterocycles. The summed E-state index contributed by atoms with van der Waals surface area (Å²) in [6.45, 7) is 4.25. The van der Waals surface area contributed by atoms with Gasteiger partial charge in [0.1, 0.15) is 11.9 Å². The average molecular weight is 432 g/mol. The summed E-state index contributed by atoms with van der Waals surface area (Å²) in [6, 6.07) is 12.7. The maximum atomic E-state index is 12.5. The molecule has 1 aliphatic rings. The van der Waals surface area contributed by atoms with Crippen LogP contribution in [0.2, 0.25) is 0 Å². The standard InChI is InChI=1S/C22H29N3O4S/c1-16-4-7-18(14-21(16)24-30(3,27)28)22(26)23-15-17-5-8-19(9-6-17)29-20-10-12-25(2)13-11-20/h4-9,14,20,24H,10-13,15H2,1-3H3,(H,23,26). The number of carbonyl (C=O) groups is 1. The topological polar surface area (TPSA) is 87.7 Å². The lowest BCUT2D eigenvalue weighted by atomic mass is 10.1. The SMILES string of the molecule is Cc1ccc(C(=O)NCc2ccc(OC3CCN(C)CC3)cc2)cc1NS(C)(=O)=O. The zero-order chi connectivity index (χ0) is 21.7. The molecule has 1 fully saturated rings. The molecule has 0 radical (unpaired) electrons. The van der Waals surface area contributed by atoms with Crippen LogP contribution >= 0.6 is 0 Å². The lowest BCUT2D eigenvalue weighted by Crippen LogP contribution is -2.35. The van der Waals surface area contributed by atoms with E-state index < -0.39 is 10.0 Å². The van der Waals surface area contributed by atoms with Crippen molar-refractivity contribution in [3.05, 3.63) is 59.2 Å². The number of amides is 1. The van der Waals surface area contributed by atoms with Gasteiger partial charge in [-0.15, -0.1) is 0 Å². The smallest absolute Gasteiger partial charge is 0.251 e. The molecular weight excluding hydrogens is 402 g/mol. The number of nitrogens with one attached hydrogen (secondary N) is 2. The highest BCUT2D eigenvalue weighted by molar-refractivity contribution is 7.92. The van der Waals surface area contributed by atoms with Gasteiger partial charge >= 0.3 is 0 Å². The van der Waals surface area contributed by atoms with Crippen molar-refractivity contribution < 1.29 is 17.9 Å². The molecule has 30 heavy (non-hydrogen) atoms. The van der Waals surface area contributed by atoms with Gasteiger partial charge in [0, 0.05) is 25.2 Å². The van der Waals surface area contributed by atoms with Crippen LogP contribution in [0.1, 0.15) is 34.3 Å². The minimum absolute atomic E-state index is 0.253. The fourth-order valence-corrected chi connectivity index (χ4v) is 3.96. The lowest BCUT2D eigenvalue weighted by molar-refractivity contribution is 0.0951. The molecule has 0 unspecified atom stereocenters. The van der Waals surface area contributed by atoms with Crippen LogP contribution < -0.4 is 14.8 Å². The van der Waals surface area contributed by atoms with E-state index in [9.17, 15) is 13.2 Å². The molecule has 0 aliphatic carbocycles. The first-order valence-corrected chi connectivity index (χ1v) is 11.9. The zero-order valence-corrected chi connectivity index (χ0v) is 18.5. The van der Waals surface area contributed by atoms with Crippen LogP contribution in [0.4, 0.5) is 5.69 Å². The number of sulfonamides is 1. The summed E-state index contributed by atoms with van der Waals surface area (Å²) in [6.07, 6.45) is 3.39. The Bertz CT molecular complexity index is 982. The number of piperidine rings is 1. The van der Waals surface area contributed by atoms with E-state index in [1.165, 1.54) is 0 Å². The van der Waals surface area contributed by atoms with Gasteiger partial charge in [-0.05, 0) is 62.2 Å². The summed E-state index contributed by atoms with van der Waals surface area (Å²) in [7, 11) is -1.29. The minimum atomic E-state index is -3.41. The summed E-state index contributed by atoms with van der Waals surface area (Å²) < 4.78 is 31.5. The number of nitrogens with zero attached hydrogens (tertiary/aromatic N) is 1. The van der Waals surface area contributed by atoms with Gasteiger partial charge in [0.25, 0.3) is 5.91 Å². The number of rotatable bonds is 7. The summed E-state index contributed by atoms with van der Waals surface area (Å²) >= 11 is 0. The Morgan fingerprint density at radius 1 is 1.13 bits per heavy atom.